The van der Waals surface area contributed by atoms with Crippen LogP contribution in [0.3, 0.4) is 0 Å². The zero-order valence-corrected chi connectivity index (χ0v) is 17.5. The summed E-state index contributed by atoms with van der Waals surface area (Å²) in [7, 11) is -3.79. The Balaban J connectivity index is 1.68. The molecule has 0 saturated carbocycles. The predicted molar refractivity (Wildman–Crippen MR) is 117 cm³/mol. The average Bonchev–Trinajstić information content (AvgIpc) is 3.21. The van der Waals surface area contributed by atoms with Crippen molar-refractivity contribution in [1.82, 2.24) is 5.01 Å². The number of carbonyl (C=O) groups excluding carboxylic acids is 1. The summed E-state index contributed by atoms with van der Waals surface area (Å²) in [5.74, 6) is -0.621. The maximum absolute atomic E-state index is 13.3. The van der Waals surface area contributed by atoms with Crippen molar-refractivity contribution in [3.8, 4) is 0 Å². The third kappa shape index (κ3) is 4.34. The largest absolute Gasteiger partial charge is 0.279 e. The number of para-hydroxylation sites is 1. The molecular formula is C23H20FN3O3S. The van der Waals surface area contributed by atoms with E-state index in [0.29, 0.717) is 23.4 Å². The molecule has 31 heavy (non-hydrogen) atoms. The van der Waals surface area contributed by atoms with E-state index in [-0.39, 0.29) is 16.6 Å². The molecule has 0 saturated heterocycles. The third-order valence-corrected chi connectivity index (χ3v) is 6.40. The summed E-state index contributed by atoms with van der Waals surface area (Å²) in [4.78, 5) is 12.4. The Morgan fingerprint density at radius 1 is 1.00 bits per heavy atom. The fraction of sp³-hybridized carbons (Fsp3) is 0.130. The molecule has 8 heteroatoms. The zero-order valence-electron chi connectivity index (χ0n) is 16.7. The number of amides is 1. The summed E-state index contributed by atoms with van der Waals surface area (Å²) in [5.41, 5.74) is 2.26. The summed E-state index contributed by atoms with van der Waals surface area (Å²) in [6, 6.07) is 20.5. The van der Waals surface area contributed by atoms with E-state index in [9.17, 15) is 17.6 Å². The first-order valence-electron chi connectivity index (χ1n) is 9.65. The van der Waals surface area contributed by atoms with Crippen LogP contribution in [0.2, 0.25) is 0 Å². The van der Waals surface area contributed by atoms with Crippen molar-refractivity contribution in [2.24, 2.45) is 5.10 Å². The van der Waals surface area contributed by atoms with Crippen molar-refractivity contribution in [3.63, 3.8) is 0 Å². The smallest absolute Gasteiger partial charge is 0.261 e. The highest BCUT2D eigenvalue weighted by Gasteiger charge is 2.32. The molecule has 0 fully saturated rings. The van der Waals surface area contributed by atoms with E-state index >= 15 is 0 Å². The lowest BCUT2D eigenvalue weighted by molar-refractivity contribution is -0.130. The van der Waals surface area contributed by atoms with Gasteiger partial charge >= 0.3 is 0 Å². The standard InChI is InChI=1S/C23H20FN3O3S/c1-16(28)27-23(17-11-13-18(24)14-12-17)15-22(25-27)20-9-5-6-10-21(20)26-31(29,30)19-7-3-2-4-8-19/h2-14,23,26H,15H2,1H3/t23-/m0/s1. The van der Waals surface area contributed by atoms with E-state index < -0.39 is 16.1 Å². The van der Waals surface area contributed by atoms with E-state index in [2.05, 4.69) is 9.82 Å². The Morgan fingerprint density at radius 3 is 2.32 bits per heavy atom. The number of benzene rings is 3. The Morgan fingerprint density at radius 2 is 1.65 bits per heavy atom. The second-order valence-corrected chi connectivity index (χ2v) is 8.83. The van der Waals surface area contributed by atoms with Gasteiger partial charge in [-0.25, -0.2) is 17.8 Å². The first-order valence-corrected chi connectivity index (χ1v) is 11.1. The molecule has 1 N–H and O–H groups in total. The van der Waals surface area contributed by atoms with Gasteiger partial charge in [0.1, 0.15) is 5.82 Å². The Labute approximate surface area is 180 Å². The van der Waals surface area contributed by atoms with E-state index in [0.717, 1.165) is 5.56 Å². The summed E-state index contributed by atoms with van der Waals surface area (Å²) in [6.45, 7) is 1.41. The summed E-state index contributed by atoms with van der Waals surface area (Å²) in [6.07, 6.45) is 0.370. The van der Waals surface area contributed by atoms with Crippen molar-refractivity contribution in [2.75, 3.05) is 4.72 Å². The van der Waals surface area contributed by atoms with Crippen molar-refractivity contribution < 1.29 is 17.6 Å². The Hall–Kier alpha value is -3.52. The molecule has 1 aliphatic heterocycles. The SMILES string of the molecule is CC(=O)N1N=C(c2ccccc2NS(=O)(=O)c2ccccc2)C[C@H]1c1ccc(F)cc1. The second-order valence-electron chi connectivity index (χ2n) is 7.15. The minimum Gasteiger partial charge on any atom is -0.279 e. The van der Waals surface area contributed by atoms with E-state index in [1.54, 1.807) is 54.6 Å². The van der Waals surface area contributed by atoms with Crippen LogP contribution in [-0.2, 0) is 14.8 Å². The fourth-order valence-corrected chi connectivity index (χ4v) is 4.64. The molecular weight excluding hydrogens is 417 g/mol. The number of nitrogens with zero attached hydrogens (tertiary/aromatic N) is 2. The van der Waals surface area contributed by atoms with E-state index in [1.165, 1.54) is 36.2 Å². The van der Waals surface area contributed by atoms with E-state index in [1.807, 2.05) is 0 Å². The highest BCUT2D eigenvalue weighted by atomic mass is 32.2. The van der Waals surface area contributed by atoms with Crippen LogP contribution in [0.1, 0.15) is 30.5 Å². The molecule has 0 spiro atoms. The summed E-state index contributed by atoms with van der Waals surface area (Å²) in [5, 5.41) is 5.83. The molecule has 1 atom stereocenters. The van der Waals surface area contributed by atoms with Crippen LogP contribution in [0.15, 0.2) is 88.9 Å². The van der Waals surface area contributed by atoms with Gasteiger partial charge in [-0.05, 0) is 35.9 Å². The van der Waals surface area contributed by atoms with Gasteiger partial charge < -0.3 is 0 Å². The average molecular weight is 437 g/mol. The second kappa shape index (κ2) is 8.31. The number of carbonyl (C=O) groups is 1. The number of nitrogens with one attached hydrogen (secondary N) is 1. The topological polar surface area (TPSA) is 78.8 Å². The maximum Gasteiger partial charge on any atom is 0.261 e. The Bertz CT molecular complexity index is 1240. The van der Waals surface area contributed by atoms with Gasteiger partial charge in [-0.2, -0.15) is 5.10 Å². The van der Waals surface area contributed by atoms with Crippen LogP contribution < -0.4 is 4.72 Å². The monoisotopic (exact) mass is 437 g/mol. The molecule has 1 heterocycles. The quantitative estimate of drug-likeness (QED) is 0.646. The van der Waals surface area contributed by atoms with Gasteiger partial charge in [0.25, 0.3) is 10.0 Å². The maximum atomic E-state index is 13.3. The molecule has 3 aromatic carbocycles. The molecule has 0 radical (unpaired) electrons. The van der Waals surface area contributed by atoms with Crippen LogP contribution >= 0.6 is 0 Å². The van der Waals surface area contributed by atoms with Crippen molar-refractivity contribution in [1.29, 1.82) is 0 Å². The van der Waals surface area contributed by atoms with Gasteiger partial charge in [-0.3, -0.25) is 9.52 Å². The number of halogens is 1. The fourth-order valence-electron chi connectivity index (χ4n) is 3.53. The van der Waals surface area contributed by atoms with Gasteiger partial charge in [0.15, 0.2) is 0 Å². The van der Waals surface area contributed by atoms with Crippen molar-refractivity contribution >= 4 is 27.3 Å². The summed E-state index contributed by atoms with van der Waals surface area (Å²) < 4.78 is 41.6. The molecule has 158 valence electrons. The van der Waals surface area contributed by atoms with Crippen LogP contribution in [0.4, 0.5) is 10.1 Å². The van der Waals surface area contributed by atoms with Gasteiger partial charge in [0.05, 0.1) is 22.3 Å². The molecule has 1 aliphatic rings. The van der Waals surface area contributed by atoms with Crippen LogP contribution in [0.5, 0.6) is 0 Å². The normalized spacial score (nSPS) is 16.1. The predicted octanol–water partition coefficient (Wildman–Crippen LogP) is 4.32. The number of hydrogen-bond donors (Lipinski definition) is 1. The van der Waals surface area contributed by atoms with Crippen LogP contribution in [-0.4, -0.2) is 25.0 Å². The van der Waals surface area contributed by atoms with Gasteiger partial charge in [-0.1, -0.05) is 48.5 Å². The highest BCUT2D eigenvalue weighted by molar-refractivity contribution is 7.92. The molecule has 3 aromatic rings. The lowest BCUT2D eigenvalue weighted by Gasteiger charge is -2.20. The molecule has 1 amide bonds. The van der Waals surface area contributed by atoms with Crippen LogP contribution in [0, 0.1) is 5.82 Å². The van der Waals surface area contributed by atoms with Crippen LogP contribution in [0.25, 0.3) is 0 Å². The van der Waals surface area contributed by atoms with Gasteiger partial charge in [-0.15, -0.1) is 0 Å². The molecule has 0 bridgehead atoms. The Kier molecular flexibility index (Phi) is 5.56. The zero-order chi connectivity index (χ0) is 22.0. The first kappa shape index (κ1) is 20.7. The number of hydrazone groups is 1. The number of rotatable bonds is 5. The van der Waals surface area contributed by atoms with Gasteiger partial charge in [0.2, 0.25) is 5.91 Å². The molecule has 6 nitrogen and oxygen atoms in total. The third-order valence-electron chi connectivity index (χ3n) is 5.02. The van der Waals surface area contributed by atoms with Crippen molar-refractivity contribution in [3.05, 3.63) is 95.8 Å². The number of hydrogen-bond acceptors (Lipinski definition) is 4. The molecule has 0 unspecified atom stereocenters. The lowest BCUT2D eigenvalue weighted by Crippen LogP contribution is -2.24. The molecule has 0 aromatic heterocycles. The highest BCUT2D eigenvalue weighted by Crippen LogP contribution is 2.35. The number of anilines is 1. The molecule has 0 aliphatic carbocycles. The van der Waals surface area contributed by atoms with E-state index in [4.69, 9.17) is 0 Å². The minimum absolute atomic E-state index is 0.146. The molecule has 4 rings (SSSR count). The summed E-state index contributed by atoms with van der Waals surface area (Å²) >= 11 is 0. The van der Waals surface area contributed by atoms with Gasteiger partial charge in [0, 0.05) is 18.9 Å². The van der Waals surface area contributed by atoms with Crippen molar-refractivity contribution in [2.45, 2.75) is 24.3 Å². The number of sulfonamides is 1. The minimum atomic E-state index is -3.79. The first-order chi connectivity index (χ1) is 14.8. The lowest BCUT2D eigenvalue weighted by atomic mass is 9.97.